The normalized spacial score (nSPS) is 40.0. The van der Waals surface area contributed by atoms with Crippen molar-refractivity contribution in [3.8, 4) is 0 Å². The molecule has 1 atom stereocenters. The molecule has 88 valence electrons. The molecule has 2 fully saturated rings. The summed E-state index contributed by atoms with van der Waals surface area (Å²) in [4.78, 5) is 0. The van der Waals surface area contributed by atoms with Crippen molar-refractivity contribution in [3.63, 3.8) is 0 Å². The Kier molecular flexibility index (Phi) is 3.36. The third kappa shape index (κ3) is 2.54. The first-order valence-corrected chi connectivity index (χ1v) is 6.42. The van der Waals surface area contributed by atoms with Gasteiger partial charge in [-0.2, -0.15) is 0 Å². The lowest BCUT2D eigenvalue weighted by molar-refractivity contribution is 0.0491. The first kappa shape index (κ1) is 11.4. The van der Waals surface area contributed by atoms with E-state index in [2.05, 4.69) is 19.2 Å². The van der Waals surface area contributed by atoms with Gasteiger partial charge in [0.05, 0.1) is 6.10 Å². The van der Waals surface area contributed by atoms with Gasteiger partial charge in [-0.3, -0.25) is 0 Å². The van der Waals surface area contributed by atoms with Gasteiger partial charge in [0.1, 0.15) is 0 Å². The van der Waals surface area contributed by atoms with Gasteiger partial charge in [0.25, 0.3) is 0 Å². The second-order valence-electron chi connectivity index (χ2n) is 5.76. The van der Waals surface area contributed by atoms with Crippen LogP contribution in [0.15, 0.2) is 0 Å². The van der Waals surface area contributed by atoms with Crippen LogP contribution in [0.25, 0.3) is 0 Å². The highest BCUT2D eigenvalue weighted by molar-refractivity contribution is 5.05. The van der Waals surface area contributed by atoms with Crippen LogP contribution in [0.2, 0.25) is 0 Å². The maximum atomic E-state index is 5.43. The highest BCUT2D eigenvalue weighted by Gasteiger charge is 2.54. The molecule has 0 radical (unpaired) electrons. The number of hydrogen-bond acceptors (Lipinski definition) is 2. The van der Waals surface area contributed by atoms with E-state index in [1.54, 1.807) is 0 Å². The molecule has 1 spiro atoms. The van der Waals surface area contributed by atoms with Crippen molar-refractivity contribution in [3.05, 3.63) is 0 Å². The molecular weight excluding hydrogens is 186 g/mol. The van der Waals surface area contributed by atoms with E-state index in [9.17, 15) is 0 Å². The van der Waals surface area contributed by atoms with E-state index < -0.39 is 0 Å². The summed E-state index contributed by atoms with van der Waals surface area (Å²) < 4.78 is 5.43. The molecule has 0 heterocycles. The molecule has 2 rings (SSSR count). The van der Waals surface area contributed by atoms with Crippen molar-refractivity contribution in [2.24, 2.45) is 11.3 Å². The number of methoxy groups -OCH3 is 1. The van der Waals surface area contributed by atoms with Crippen LogP contribution >= 0.6 is 0 Å². The van der Waals surface area contributed by atoms with E-state index in [1.807, 2.05) is 7.11 Å². The number of ether oxygens (including phenoxy) is 1. The summed E-state index contributed by atoms with van der Waals surface area (Å²) in [7, 11) is 1.85. The number of hydrogen-bond donors (Lipinski definition) is 1. The fraction of sp³-hybridized carbons (Fsp3) is 1.00. The Hall–Kier alpha value is -0.0800. The molecule has 1 unspecified atom stereocenters. The summed E-state index contributed by atoms with van der Waals surface area (Å²) in [5.74, 6) is 0.956. The molecule has 0 aliphatic heterocycles. The molecule has 15 heavy (non-hydrogen) atoms. The van der Waals surface area contributed by atoms with Crippen molar-refractivity contribution < 1.29 is 4.74 Å². The highest BCUT2D eigenvalue weighted by Crippen LogP contribution is 2.61. The zero-order valence-corrected chi connectivity index (χ0v) is 10.4. The maximum absolute atomic E-state index is 5.43. The summed E-state index contributed by atoms with van der Waals surface area (Å²) in [6.07, 6.45) is 7.38. The second-order valence-corrected chi connectivity index (χ2v) is 5.76. The SMILES string of the molecule is COC1CCC2(CC1)CC2CNC(C)C. The minimum absolute atomic E-state index is 0.551. The molecular formula is C13H25NO. The van der Waals surface area contributed by atoms with Crippen molar-refractivity contribution in [1.82, 2.24) is 5.32 Å². The van der Waals surface area contributed by atoms with Gasteiger partial charge < -0.3 is 10.1 Å². The molecule has 0 amide bonds. The van der Waals surface area contributed by atoms with Crippen molar-refractivity contribution in [2.45, 2.75) is 58.1 Å². The minimum atomic E-state index is 0.551. The fourth-order valence-electron chi connectivity index (χ4n) is 3.11. The van der Waals surface area contributed by atoms with Gasteiger partial charge in [-0.15, -0.1) is 0 Å². The molecule has 0 aromatic carbocycles. The van der Waals surface area contributed by atoms with E-state index >= 15 is 0 Å². The van der Waals surface area contributed by atoms with Crippen LogP contribution in [0.4, 0.5) is 0 Å². The molecule has 0 aromatic rings. The molecule has 1 N–H and O–H groups in total. The molecule has 2 nitrogen and oxygen atoms in total. The Morgan fingerprint density at radius 3 is 2.53 bits per heavy atom. The first-order chi connectivity index (χ1) is 7.16. The average molecular weight is 211 g/mol. The number of rotatable bonds is 4. The van der Waals surface area contributed by atoms with Gasteiger partial charge in [0.15, 0.2) is 0 Å². The van der Waals surface area contributed by atoms with E-state index in [1.165, 1.54) is 38.6 Å². The monoisotopic (exact) mass is 211 g/mol. The maximum Gasteiger partial charge on any atom is 0.0571 e. The Labute approximate surface area is 93.8 Å². The predicted molar refractivity (Wildman–Crippen MR) is 62.9 cm³/mol. The second kappa shape index (κ2) is 4.42. The van der Waals surface area contributed by atoms with Crippen LogP contribution in [0.1, 0.15) is 46.0 Å². The third-order valence-electron chi connectivity index (χ3n) is 4.39. The van der Waals surface area contributed by atoms with Crippen LogP contribution in [0.5, 0.6) is 0 Å². The molecule has 0 aromatic heterocycles. The Balaban J connectivity index is 1.72. The summed E-state index contributed by atoms with van der Waals surface area (Å²) >= 11 is 0. The van der Waals surface area contributed by atoms with Crippen LogP contribution < -0.4 is 5.32 Å². The van der Waals surface area contributed by atoms with Crippen molar-refractivity contribution in [1.29, 1.82) is 0 Å². The van der Waals surface area contributed by atoms with Crippen LogP contribution in [0.3, 0.4) is 0 Å². The lowest BCUT2D eigenvalue weighted by Gasteiger charge is -2.28. The zero-order chi connectivity index (χ0) is 10.9. The zero-order valence-electron chi connectivity index (χ0n) is 10.4. The van der Waals surface area contributed by atoms with E-state index in [0.717, 1.165) is 11.3 Å². The lowest BCUT2D eigenvalue weighted by atomic mass is 9.83. The first-order valence-electron chi connectivity index (χ1n) is 6.42. The standard InChI is InChI=1S/C13H25NO/c1-10(2)14-9-11-8-13(11)6-4-12(15-3)5-7-13/h10-12,14H,4-9H2,1-3H3. The molecule has 0 bridgehead atoms. The van der Waals surface area contributed by atoms with Crippen LogP contribution in [0, 0.1) is 11.3 Å². The molecule has 2 aliphatic carbocycles. The van der Waals surface area contributed by atoms with Gasteiger partial charge in [-0.05, 0) is 50.0 Å². The quantitative estimate of drug-likeness (QED) is 0.771. The van der Waals surface area contributed by atoms with Gasteiger partial charge >= 0.3 is 0 Å². The van der Waals surface area contributed by atoms with Gasteiger partial charge in [0.2, 0.25) is 0 Å². The molecule has 2 aliphatic rings. The molecule has 2 heteroatoms. The van der Waals surface area contributed by atoms with E-state index in [0.29, 0.717) is 12.1 Å². The molecule has 2 saturated carbocycles. The smallest absolute Gasteiger partial charge is 0.0571 e. The Bertz CT molecular complexity index is 207. The number of nitrogens with one attached hydrogen (secondary N) is 1. The molecule has 0 saturated heterocycles. The minimum Gasteiger partial charge on any atom is -0.381 e. The third-order valence-corrected chi connectivity index (χ3v) is 4.39. The van der Waals surface area contributed by atoms with Crippen molar-refractivity contribution in [2.75, 3.05) is 13.7 Å². The predicted octanol–water partition coefficient (Wildman–Crippen LogP) is 2.58. The van der Waals surface area contributed by atoms with Crippen LogP contribution in [-0.4, -0.2) is 25.8 Å². The van der Waals surface area contributed by atoms with E-state index in [4.69, 9.17) is 4.74 Å². The average Bonchev–Trinajstić information content (AvgIpc) is 2.90. The topological polar surface area (TPSA) is 21.3 Å². The van der Waals surface area contributed by atoms with Crippen LogP contribution in [-0.2, 0) is 4.74 Å². The van der Waals surface area contributed by atoms with Gasteiger partial charge in [-0.25, -0.2) is 0 Å². The van der Waals surface area contributed by atoms with Gasteiger partial charge in [-0.1, -0.05) is 13.8 Å². The summed E-state index contributed by atoms with van der Waals surface area (Å²) in [5, 5.41) is 3.57. The summed E-state index contributed by atoms with van der Waals surface area (Å²) in [5.41, 5.74) is 0.719. The summed E-state index contributed by atoms with van der Waals surface area (Å²) in [6, 6.07) is 0.637. The lowest BCUT2D eigenvalue weighted by Crippen LogP contribution is -2.28. The van der Waals surface area contributed by atoms with E-state index in [-0.39, 0.29) is 0 Å². The Morgan fingerprint density at radius 1 is 1.33 bits per heavy atom. The highest BCUT2D eigenvalue weighted by atomic mass is 16.5. The summed E-state index contributed by atoms with van der Waals surface area (Å²) in [6.45, 7) is 5.70. The fourth-order valence-corrected chi connectivity index (χ4v) is 3.11. The van der Waals surface area contributed by atoms with Gasteiger partial charge in [0, 0.05) is 13.2 Å². The Morgan fingerprint density at radius 2 is 2.00 bits per heavy atom. The van der Waals surface area contributed by atoms with Crippen molar-refractivity contribution >= 4 is 0 Å². The largest absolute Gasteiger partial charge is 0.381 e.